The van der Waals surface area contributed by atoms with Crippen LogP contribution in [0.5, 0.6) is 0 Å². The summed E-state index contributed by atoms with van der Waals surface area (Å²) in [6.45, 7) is 23.8. The molecule has 24 nitrogen and oxygen atoms in total. The number of rotatable bonds is 73. The Bertz CT molecular complexity index is 1960. The van der Waals surface area contributed by atoms with Crippen LogP contribution < -0.4 is 0 Å². The molecule has 0 aromatic rings. The summed E-state index contributed by atoms with van der Waals surface area (Å²) < 4.78 is 340. The third kappa shape index (κ3) is 50.8. The van der Waals surface area contributed by atoms with Gasteiger partial charge in [-0.3, -0.25) is 9.59 Å². The van der Waals surface area contributed by atoms with Crippen LogP contribution in [0.1, 0.15) is 76.7 Å². The molecule has 0 aliphatic carbocycles. The Morgan fingerprint density at radius 3 is 0.557 bits per heavy atom. The van der Waals surface area contributed by atoms with Gasteiger partial charge in [0.15, 0.2) is 0 Å². The highest BCUT2D eigenvalue weighted by atomic mass is 19.4. The second-order valence-electron chi connectivity index (χ2n) is 21.0. The third-order valence-corrected chi connectivity index (χ3v) is 13.1. The fourth-order valence-corrected chi connectivity index (χ4v) is 6.65. The molecule has 0 aromatic heterocycles. The lowest BCUT2D eigenvalue weighted by Gasteiger charge is -2.42. The van der Waals surface area contributed by atoms with Crippen molar-refractivity contribution in [3.63, 3.8) is 0 Å². The van der Waals surface area contributed by atoms with Crippen LogP contribution in [0.15, 0.2) is 0 Å². The van der Waals surface area contributed by atoms with Crippen LogP contribution in [0, 0.1) is 11.8 Å². The third-order valence-electron chi connectivity index (χ3n) is 13.1. The first-order chi connectivity index (χ1) is 48.3. The van der Waals surface area contributed by atoms with Gasteiger partial charge in [0.1, 0.15) is 6.61 Å². The van der Waals surface area contributed by atoms with E-state index in [-0.39, 0.29) is 54.6 Å². The molecule has 0 amide bonds. The topological polar surface area (TPSA) is 237 Å². The average Bonchev–Trinajstić information content (AvgIpc) is 0.698. The molecule has 0 spiro atoms. The van der Waals surface area contributed by atoms with E-state index in [1.54, 1.807) is 7.11 Å². The lowest BCUT2D eigenvalue weighted by atomic mass is 9.88. The summed E-state index contributed by atoms with van der Waals surface area (Å²) in [7, 11) is 1.64. The second-order valence-corrected chi connectivity index (χ2v) is 21.0. The van der Waals surface area contributed by atoms with Crippen LogP contribution in [-0.2, 0) is 114 Å². The Morgan fingerprint density at radius 1 is 0.236 bits per heavy atom. The Kier molecular flexibility index (Phi) is 73.8. The standard InChI is InChI=1S/C46H92O22.C15H13F17O2.4CH4/c1-4-45(2)46(47)68-44-43-67-42-41-66-40-39-65-38-37-64-36-35-63-34-33-62-32-31-61-30-29-60-28-27-59-26-25-58-24-23-57-22-21-56-20-19-55-18-17-54-16-15-53-14-13-52-12-11-51-10-9-50-8-7-49-6-5-48-3;1-3-6(2)7(33)34-5-4-8(16,17)9(18,19)10(20,21)11(22,23)12(24,25)13(26,27)14(28,29)15(30,31)32;;;;/h45H,4-44H2,1-3H3;6H,3-5H2,1-2H3;4*1H4. The predicted molar refractivity (Wildman–Crippen MR) is 350 cm³/mol. The summed E-state index contributed by atoms with van der Waals surface area (Å²) in [5, 5.41) is 0. The molecule has 0 aliphatic heterocycles. The number of hydrogen-bond acceptors (Lipinski definition) is 24. The van der Waals surface area contributed by atoms with Crippen LogP contribution in [0.2, 0.25) is 0 Å². The van der Waals surface area contributed by atoms with Gasteiger partial charge in [-0.15, -0.1) is 0 Å². The minimum absolute atomic E-state index is 0. The zero-order chi connectivity index (χ0) is 77.0. The molecule has 0 heterocycles. The van der Waals surface area contributed by atoms with E-state index in [1.807, 2.05) is 13.8 Å². The summed E-state index contributed by atoms with van der Waals surface area (Å²) >= 11 is 0. The molecular weight excluding hydrogens is 1490 g/mol. The van der Waals surface area contributed by atoms with Gasteiger partial charge in [0.2, 0.25) is 0 Å². The van der Waals surface area contributed by atoms with Crippen molar-refractivity contribution in [2.75, 3.05) is 278 Å². The molecule has 0 saturated carbocycles. The lowest BCUT2D eigenvalue weighted by molar-refractivity contribution is -0.461. The molecule has 106 heavy (non-hydrogen) atoms. The normalized spacial score (nSPS) is 13.0. The fourth-order valence-electron chi connectivity index (χ4n) is 6.65. The van der Waals surface area contributed by atoms with Crippen molar-refractivity contribution in [2.24, 2.45) is 11.8 Å². The van der Waals surface area contributed by atoms with Gasteiger partial charge in [0.25, 0.3) is 0 Å². The first kappa shape index (κ1) is 114. The Balaban J connectivity index is -0.000000555. The molecule has 0 bridgehead atoms. The van der Waals surface area contributed by atoms with Crippen LogP contribution in [-0.4, -0.2) is 338 Å². The smallest absolute Gasteiger partial charge is 0.460 e. The van der Waals surface area contributed by atoms with E-state index in [0.29, 0.717) is 258 Å². The summed E-state index contributed by atoms with van der Waals surface area (Å²) in [5.74, 6) is -59.4. The number of ether oxygens (including phenoxy) is 22. The van der Waals surface area contributed by atoms with Crippen LogP contribution in [0.3, 0.4) is 0 Å². The molecule has 0 radical (unpaired) electrons. The SMILES string of the molecule is C.C.C.C.CCC(C)C(=O)OCCC(F)(F)C(F)(F)C(F)(F)C(F)(F)C(F)(F)C(F)(F)C(F)(F)C(F)(F)F.CCC(C)C(=O)OCCOCCOCCOCCOCCOCCOCCOCCOCCOCCOCCOCCOCCOCCOCCOCCOCCOCCOCCOCCOC. The molecule has 644 valence electrons. The highest BCUT2D eigenvalue weighted by Gasteiger charge is 2.95. The van der Waals surface area contributed by atoms with E-state index in [9.17, 15) is 84.2 Å². The minimum Gasteiger partial charge on any atom is -0.465 e. The summed E-state index contributed by atoms with van der Waals surface area (Å²) in [6.07, 6.45) is -9.85. The molecule has 2 unspecified atom stereocenters. The molecule has 0 aromatic carbocycles. The van der Waals surface area contributed by atoms with Gasteiger partial charge >= 0.3 is 59.6 Å². The number of esters is 2. The van der Waals surface area contributed by atoms with E-state index in [1.165, 1.54) is 6.92 Å². The largest absolute Gasteiger partial charge is 0.465 e. The van der Waals surface area contributed by atoms with Crippen molar-refractivity contribution in [3.05, 3.63) is 0 Å². The highest BCUT2D eigenvalue weighted by molar-refractivity contribution is 5.72. The van der Waals surface area contributed by atoms with Crippen LogP contribution >= 0.6 is 0 Å². The summed E-state index contributed by atoms with van der Waals surface area (Å²) in [4.78, 5) is 22.8. The maximum absolute atomic E-state index is 13.6. The number of hydrogen-bond donors (Lipinski definition) is 0. The van der Waals surface area contributed by atoms with Gasteiger partial charge < -0.3 is 104 Å². The number of methoxy groups -OCH3 is 1. The van der Waals surface area contributed by atoms with E-state index in [2.05, 4.69) is 4.74 Å². The summed E-state index contributed by atoms with van der Waals surface area (Å²) in [6, 6.07) is 0. The van der Waals surface area contributed by atoms with Crippen molar-refractivity contribution < 1.29 is 188 Å². The van der Waals surface area contributed by atoms with E-state index in [0.717, 1.165) is 13.3 Å². The number of carbonyl (C=O) groups is 2. The number of carbonyl (C=O) groups excluding carboxylic acids is 2. The number of halogens is 17. The van der Waals surface area contributed by atoms with Gasteiger partial charge in [0, 0.05) is 7.11 Å². The van der Waals surface area contributed by atoms with Crippen molar-refractivity contribution in [1.29, 1.82) is 0 Å². The zero-order valence-corrected chi connectivity index (χ0v) is 58.5. The van der Waals surface area contributed by atoms with Crippen molar-refractivity contribution >= 4 is 11.9 Å². The van der Waals surface area contributed by atoms with Crippen molar-refractivity contribution in [2.45, 2.75) is 124 Å². The second kappa shape index (κ2) is 68.7. The predicted octanol–water partition coefficient (Wildman–Crippen LogP) is 11.1. The summed E-state index contributed by atoms with van der Waals surface area (Å²) in [5.41, 5.74) is 0. The number of alkyl halides is 17. The fraction of sp³-hybridized carbons (Fsp3) is 0.969. The molecule has 0 aliphatic rings. The average molecular weight is 1610 g/mol. The molecule has 41 heteroatoms. The van der Waals surface area contributed by atoms with Gasteiger partial charge in [-0.1, -0.05) is 57.4 Å². The molecule has 0 fully saturated rings. The van der Waals surface area contributed by atoms with Crippen LogP contribution in [0.25, 0.3) is 0 Å². The van der Waals surface area contributed by atoms with Gasteiger partial charge in [0.05, 0.1) is 283 Å². The van der Waals surface area contributed by atoms with Crippen molar-refractivity contribution in [1.82, 2.24) is 0 Å². The first-order valence-corrected chi connectivity index (χ1v) is 32.8. The Morgan fingerprint density at radius 2 is 0.387 bits per heavy atom. The Labute approximate surface area is 613 Å². The first-order valence-electron chi connectivity index (χ1n) is 32.8. The van der Waals surface area contributed by atoms with E-state index < -0.39 is 72.5 Å². The molecule has 0 rings (SSSR count). The van der Waals surface area contributed by atoms with Gasteiger partial charge in [-0.05, 0) is 12.8 Å². The monoisotopic (exact) mass is 1610 g/mol. The van der Waals surface area contributed by atoms with Gasteiger partial charge in [-0.25, -0.2) is 0 Å². The highest BCUT2D eigenvalue weighted by Crippen LogP contribution is 2.64. The molecule has 0 saturated heterocycles. The molecular formula is C65H121F17O24. The maximum Gasteiger partial charge on any atom is 0.460 e. The van der Waals surface area contributed by atoms with E-state index in [4.69, 9.17) is 99.5 Å². The van der Waals surface area contributed by atoms with Crippen molar-refractivity contribution in [3.8, 4) is 0 Å². The zero-order valence-electron chi connectivity index (χ0n) is 58.5. The van der Waals surface area contributed by atoms with Gasteiger partial charge in [-0.2, -0.15) is 74.6 Å². The lowest BCUT2D eigenvalue weighted by Crippen LogP contribution is -2.74. The van der Waals surface area contributed by atoms with E-state index >= 15 is 0 Å². The quantitative estimate of drug-likeness (QED) is 0.0312. The van der Waals surface area contributed by atoms with Crippen LogP contribution in [0.4, 0.5) is 74.6 Å². The minimum atomic E-state index is -8.66. The Hall–Kier alpha value is -3.05. The molecule has 2 atom stereocenters. The maximum atomic E-state index is 13.6. The molecule has 0 N–H and O–H groups in total.